The van der Waals surface area contributed by atoms with Gasteiger partial charge in [0.2, 0.25) is 0 Å². The number of nitrogens with zero attached hydrogens (tertiary/aromatic N) is 6. The number of allylic oxidation sites excluding steroid dienone is 2. The predicted molar refractivity (Wildman–Crippen MR) is 143 cm³/mol. The molecule has 0 atom stereocenters. The molecule has 2 aliphatic rings. The van der Waals surface area contributed by atoms with Crippen LogP contribution in [0.5, 0.6) is 0 Å². The number of anilines is 5. The standard InChI is InChI=1S/C29H22N6/c1-2-3-18-34-25-8-4-6-10-27(25)35(28-11-7-5-9-26(28)34)22-14-12-21(13-15-22)23-19-30-20-24-29(33-23)32-17-16-31-24/h2-19H,1,20H2/b18-3+. The van der Waals surface area contributed by atoms with Crippen LogP contribution in [0.1, 0.15) is 11.3 Å². The number of hydrogen-bond donors (Lipinski definition) is 0. The average molecular weight is 455 g/mol. The lowest BCUT2D eigenvalue weighted by molar-refractivity contribution is 0.972. The molecule has 0 saturated carbocycles. The second-order valence-corrected chi connectivity index (χ2v) is 8.10. The number of aliphatic imine (C=N–C) groups is 2. The Morgan fingerprint density at radius 3 is 2.11 bits per heavy atom. The molecule has 0 radical (unpaired) electrons. The Kier molecular flexibility index (Phi) is 5.24. The number of hydrogen-bond acceptors (Lipinski definition) is 6. The van der Waals surface area contributed by atoms with Crippen LogP contribution in [0.2, 0.25) is 0 Å². The minimum Gasteiger partial charge on any atom is -0.313 e. The van der Waals surface area contributed by atoms with Crippen molar-refractivity contribution in [3.8, 4) is 0 Å². The third-order valence-electron chi connectivity index (χ3n) is 5.99. The Morgan fingerprint density at radius 2 is 1.43 bits per heavy atom. The van der Waals surface area contributed by atoms with Crippen LogP contribution in [0.4, 0.5) is 34.3 Å². The minimum absolute atomic E-state index is 0.479. The van der Waals surface area contributed by atoms with Crippen molar-refractivity contribution >= 4 is 46.2 Å². The second-order valence-electron chi connectivity index (χ2n) is 8.10. The Bertz CT molecular complexity index is 1450. The molecule has 3 heterocycles. The lowest BCUT2D eigenvalue weighted by atomic mass is 10.0. The molecule has 0 spiro atoms. The summed E-state index contributed by atoms with van der Waals surface area (Å²) in [4.78, 5) is 22.4. The van der Waals surface area contributed by atoms with E-state index in [2.05, 4.69) is 110 Å². The lowest BCUT2D eigenvalue weighted by Crippen LogP contribution is -2.23. The third kappa shape index (κ3) is 3.71. The van der Waals surface area contributed by atoms with Crippen LogP contribution in [0.15, 0.2) is 120 Å². The molecule has 1 aromatic heterocycles. The van der Waals surface area contributed by atoms with E-state index in [-0.39, 0.29) is 0 Å². The third-order valence-corrected chi connectivity index (χ3v) is 5.99. The summed E-state index contributed by atoms with van der Waals surface area (Å²) in [7, 11) is 0. The molecule has 0 bridgehead atoms. The number of rotatable bonds is 4. The summed E-state index contributed by atoms with van der Waals surface area (Å²) in [5, 5.41) is 0. The highest BCUT2D eigenvalue weighted by molar-refractivity contribution is 6.39. The average Bonchev–Trinajstić information content (AvgIpc) is 3.14. The summed E-state index contributed by atoms with van der Waals surface area (Å²) in [5.74, 6) is 0.621. The fourth-order valence-corrected chi connectivity index (χ4v) is 4.41. The van der Waals surface area contributed by atoms with Crippen molar-refractivity contribution in [2.24, 2.45) is 9.98 Å². The molecule has 0 amide bonds. The molecule has 4 aromatic rings. The quantitative estimate of drug-likeness (QED) is 0.318. The summed E-state index contributed by atoms with van der Waals surface area (Å²) < 4.78 is 0. The van der Waals surface area contributed by atoms with E-state index in [9.17, 15) is 0 Å². The van der Waals surface area contributed by atoms with E-state index in [0.29, 0.717) is 12.4 Å². The van der Waals surface area contributed by atoms with Crippen LogP contribution in [-0.4, -0.2) is 21.9 Å². The van der Waals surface area contributed by atoms with Gasteiger partial charge in [0.15, 0.2) is 5.82 Å². The molecular weight excluding hydrogens is 432 g/mol. The molecule has 6 heteroatoms. The van der Waals surface area contributed by atoms with Gasteiger partial charge in [-0.1, -0.05) is 49.1 Å². The summed E-state index contributed by atoms with van der Waals surface area (Å²) in [6.07, 6.45) is 10.9. The zero-order valence-corrected chi connectivity index (χ0v) is 19.0. The molecular formula is C29H22N6. The van der Waals surface area contributed by atoms with E-state index in [4.69, 9.17) is 4.99 Å². The largest absolute Gasteiger partial charge is 0.313 e. The van der Waals surface area contributed by atoms with Crippen LogP contribution in [0.3, 0.4) is 0 Å². The number of fused-ring (bicyclic) bond motifs is 3. The highest BCUT2D eigenvalue weighted by Gasteiger charge is 2.27. The minimum atomic E-state index is 0.479. The van der Waals surface area contributed by atoms with Gasteiger partial charge in [0.05, 0.1) is 35.0 Å². The second kappa shape index (κ2) is 8.83. The van der Waals surface area contributed by atoms with E-state index in [1.807, 2.05) is 6.08 Å². The fourth-order valence-electron chi connectivity index (χ4n) is 4.41. The highest BCUT2D eigenvalue weighted by atomic mass is 15.3. The molecule has 3 aromatic carbocycles. The van der Waals surface area contributed by atoms with Gasteiger partial charge < -0.3 is 9.80 Å². The monoisotopic (exact) mass is 454 g/mol. The van der Waals surface area contributed by atoms with Crippen LogP contribution in [-0.2, 0) is 6.54 Å². The Labute approximate surface area is 204 Å². The van der Waals surface area contributed by atoms with Crippen molar-refractivity contribution in [3.63, 3.8) is 0 Å². The number of benzene rings is 3. The molecule has 6 rings (SSSR count). The van der Waals surface area contributed by atoms with E-state index >= 15 is 0 Å². The highest BCUT2D eigenvalue weighted by Crippen LogP contribution is 2.51. The van der Waals surface area contributed by atoms with Gasteiger partial charge >= 0.3 is 0 Å². The van der Waals surface area contributed by atoms with Gasteiger partial charge in [-0.05, 0) is 42.5 Å². The van der Waals surface area contributed by atoms with Crippen molar-refractivity contribution in [1.29, 1.82) is 0 Å². The van der Waals surface area contributed by atoms with E-state index in [1.165, 1.54) is 0 Å². The maximum Gasteiger partial charge on any atom is 0.176 e. The van der Waals surface area contributed by atoms with Gasteiger partial charge in [-0.15, -0.1) is 0 Å². The maximum absolute atomic E-state index is 4.72. The zero-order valence-electron chi connectivity index (χ0n) is 19.0. The van der Waals surface area contributed by atoms with E-state index in [0.717, 1.165) is 45.4 Å². The van der Waals surface area contributed by atoms with Crippen LogP contribution in [0.25, 0.3) is 0 Å². The van der Waals surface area contributed by atoms with Gasteiger partial charge in [0, 0.05) is 36.1 Å². The molecule has 0 unspecified atom stereocenters. The van der Waals surface area contributed by atoms with Crippen molar-refractivity contribution in [2.45, 2.75) is 6.54 Å². The van der Waals surface area contributed by atoms with Crippen molar-refractivity contribution in [1.82, 2.24) is 9.97 Å². The van der Waals surface area contributed by atoms with Gasteiger partial charge in [-0.3, -0.25) is 9.98 Å². The molecule has 0 fully saturated rings. The summed E-state index contributed by atoms with van der Waals surface area (Å²) in [5.41, 5.74) is 8.00. The zero-order chi connectivity index (χ0) is 23.6. The predicted octanol–water partition coefficient (Wildman–Crippen LogP) is 6.80. The van der Waals surface area contributed by atoms with Crippen LogP contribution < -0.4 is 9.80 Å². The number of para-hydroxylation sites is 4. The van der Waals surface area contributed by atoms with Crippen molar-refractivity contribution in [2.75, 3.05) is 9.80 Å². The first kappa shape index (κ1) is 20.7. The van der Waals surface area contributed by atoms with Crippen molar-refractivity contribution in [3.05, 3.63) is 121 Å². The molecule has 0 N–H and O–H groups in total. The van der Waals surface area contributed by atoms with E-state index in [1.54, 1.807) is 24.7 Å². The Balaban J connectivity index is 1.43. The number of aromatic nitrogens is 2. The van der Waals surface area contributed by atoms with Crippen molar-refractivity contribution < 1.29 is 0 Å². The molecule has 0 saturated heterocycles. The van der Waals surface area contributed by atoms with Crippen LogP contribution >= 0.6 is 0 Å². The SMILES string of the molecule is C=C/C=C/N1c2ccccc2N(c2ccc(C3=Nc4nccnc4CN=C3)cc2)c2ccccc21. The molecule has 2 aliphatic heterocycles. The first-order chi connectivity index (χ1) is 17.3. The fraction of sp³-hybridized carbons (Fsp3) is 0.0345. The van der Waals surface area contributed by atoms with Gasteiger partial charge in [-0.25, -0.2) is 9.98 Å². The molecule has 6 nitrogen and oxygen atoms in total. The Morgan fingerprint density at radius 1 is 0.771 bits per heavy atom. The first-order valence-electron chi connectivity index (χ1n) is 11.4. The van der Waals surface area contributed by atoms with Crippen LogP contribution in [0, 0.1) is 0 Å². The van der Waals surface area contributed by atoms with Gasteiger partial charge in [0.1, 0.15) is 5.69 Å². The van der Waals surface area contributed by atoms with E-state index < -0.39 is 0 Å². The summed E-state index contributed by atoms with van der Waals surface area (Å²) in [6.45, 7) is 4.31. The van der Waals surface area contributed by atoms with Gasteiger partial charge in [0.25, 0.3) is 0 Å². The summed E-state index contributed by atoms with van der Waals surface area (Å²) >= 11 is 0. The topological polar surface area (TPSA) is 57.0 Å². The lowest BCUT2D eigenvalue weighted by Gasteiger charge is -2.38. The summed E-state index contributed by atoms with van der Waals surface area (Å²) in [6, 6.07) is 25.2. The smallest absolute Gasteiger partial charge is 0.176 e. The molecule has 35 heavy (non-hydrogen) atoms. The normalized spacial score (nSPS) is 14.1. The first-order valence-corrected chi connectivity index (χ1v) is 11.4. The maximum atomic E-state index is 4.72. The molecule has 0 aliphatic carbocycles. The van der Waals surface area contributed by atoms with Gasteiger partial charge in [-0.2, -0.15) is 0 Å². The Hall–Kier alpha value is -4.84. The molecule has 168 valence electrons.